The molecule has 2 heterocycles. The van der Waals surface area contributed by atoms with E-state index in [9.17, 15) is 9.59 Å². The van der Waals surface area contributed by atoms with E-state index in [1.165, 1.54) is 0 Å². The van der Waals surface area contributed by atoms with Crippen molar-refractivity contribution in [3.63, 3.8) is 0 Å². The van der Waals surface area contributed by atoms with Crippen LogP contribution >= 0.6 is 0 Å². The zero-order valence-corrected chi connectivity index (χ0v) is 10.5. The lowest BCUT2D eigenvalue weighted by atomic mass is 9.92. The minimum atomic E-state index is -0.352. The molecule has 1 aliphatic rings. The zero-order chi connectivity index (χ0) is 13.6. The van der Waals surface area contributed by atoms with Gasteiger partial charge in [-0.1, -0.05) is 12.1 Å². The van der Waals surface area contributed by atoms with Crippen molar-refractivity contribution in [2.75, 3.05) is 5.73 Å². The molecule has 1 fully saturated rings. The topological polar surface area (TPSA) is 90.0 Å². The highest BCUT2D eigenvalue weighted by atomic mass is 16.2. The van der Waals surface area contributed by atoms with Gasteiger partial charge >= 0.3 is 0 Å². The van der Waals surface area contributed by atoms with Crippen molar-refractivity contribution >= 4 is 28.4 Å². The molecular weight excluding hydrogens is 244 g/mol. The third-order valence-corrected chi connectivity index (χ3v) is 3.51. The van der Waals surface area contributed by atoms with Crippen LogP contribution in [0.5, 0.6) is 0 Å². The largest absolute Gasteiger partial charge is 0.397 e. The number of aromatic nitrogens is 2. The van der Waals surface area contributed by atoms with E-state index in [1.54, 1.807) is 17.8 Å². The maximum Gasteiger partial charge on any atom is 0.235 e. The highest BCUT2D eigenvalue weighted by Gasteiger charge is 2.31. The lowest BCUT2D eigenvalue weighted by Gasteiger charge is -2.21. The highest BCUT2D eigenvalue weighted by molar-refractivity contribution is 6.03. The molecule has 6 heteroatoms. The Kier molecular flexibility index (Phi) is 2.51. The number of nitrogens with two attached hydrogens (primary N) is 1. The van der Waals surface area contributed by atoms with Gasteiger partial charge in [-0.15, -0.1) is 0 Å². The van der Waals surface area contributed by atoms with Gasteiger partial charge in [0, 0.05) is 18.9 Å². The van der Waals surface area contributed by atoms with Gasteiger partial charge in [-0.3, -0.25) is 19.6 Å². The molecule has 0 saturated carbocycles. The first-order valence-corrected chi connectivity index (χ1v) is 6.12. The number of benzene rings is 1. The van der Waals surface area contributed by atoms with Gasteiger partial charge < -0.3 is 5.73 Å². The van der Waals surface area contributed by atoms with Gasteiger partial charge in [-0.2, -0.15) is 5.10 Å². The maximum absolute atomic E-state index is 12.0. The van der Waals surface area contributed by atoms with Crippen LogP contribution in [0.2, 0.25) is 0 Å². The number of aryl methyl sites for hydroxylation is 1. The van der Waals surface area contributed by atoms with Crippen LogP contribution in [-0.2, 0) is 16.6 Å². The van der Waals surface area contributed by atoms with Gasteiger partial charge in [-0.25, -0.2) is 0 Å². The smallest absolute Gasteiger partial charge is 0.235 e. The number of hydrogen-bond acceptors (Lipinski definition) is 4. The van der Waals surface area contributed by atoms with E-state index in [0.717, 1.165) is 11.1 Å². The van der Waals surface area contributed by atoms with Crippen LogP contribution in [0.25, 0.3) is 10.9 Å². The molecule has 98 valence electrons. The van der Waals surface area contributed by atoms with E-state index < -0.39 is 0 Å². The normalized spacial score (nSPS) is 19.7. The predicted molar refractivity (Wildman–Crippen MR) is 70.3 cm³/mol. The highest BCUT2D eigenvalue weighted by Crippen LogP contribution is 2.32. The van der Waals surface area contributed by atoms with Gasteiger partial charge in [0.15, 0.2) is 0 Å². The summed E-state index contributed by atoms with van der Waals surface area (Å²) < 4.78 is 1.68. The summed E-state index contributed by atoms with van der Waals surface area (Å²) in [5.41, 5.74) is 7.99. The average Bonchev–Trinajstić information content (AvgIpc) is 2.68. The van der Waals surface area contributed by atoms with Crippen LogP contribution in [0.3, 0.4) is 0 Å². The molecule has 6 nitrogen and oxygen atoms in total. The van der Waals surface area contributed by atoms with Crippen molar-refractivity contribution in [3.05, 3.63) is 23.9 Å². The fourth-order valence-electron chi connectivity index (χ4n) is 2.63. The van der Waals surface area contributed by atoms with E-state index in [1.807, 2.05) is 12.1 Å². The summed E-state index contributed by atoms with van der Waals surface area (Å²) in [5, 5.41) is 7.61. The van der Waals surface area contributed by atoms with Gasteiger partial charge in [0.05, 0.1) is 17.3 Å². The van der Waals surface area contributed by atoms with Crippen molar-refractivity contribution in [2.45, 2.75) is 18.8 Å². The van der Waals surface area contributed by atoms with E-state index >= 15 is 0 Å². The maximum atomic E-state index is 12.0. The summed E-state index contributed by atoms with van der Waals surface area (Å²) in [6.07, 6.45) is 0.861. The van der Waals surface area contributed by atoms with Crippen molar-refractivity contribution in [2.24, 2.45) is 7.05 Å². The Labute approximate surface area is 109 Å². The van der Waals surface area contributed by atoms with Gasteiger partial charge in [0.25, 0.3) is 0 Å². The van der Waals surface area contributed by atoms with Crippen LogP contribution in [0.4, 0.5) is 5.69 Å². The predicted octanol–water partition coefficient (Wildman–Crippen LogP) is 0.676. The summed E-state index contributed by atoms with van der Waals surface area (Å²) in [7, 11) is 1.79. The first-order chi connectivity index (χ1) is 9.08. The molecule has 2 aromatic rings. The quantitative estimate of drug-likeness (QED) is 0.581. The first kappa shape index (κ1) is 11.7. The molecule has 1 unspecified atom stereocenters. The van der Waals surface area contributed by atoms with E-state index in [-0.39, 0.29) is 17.7 Å². The number of piperidine rings is 1. The van der Waals surface area contributed by atoms with E-state index in [2.05, 4.69) is 10.4 Å². The average molecular weight is 258 g/mol. The molecule has 19 heavy (non-hydrogen) atoms. The molecule has 1 aliphatic heterocycles. The minimum absolute atomic E-state index is 0.216. The Bertz CT molecular complexity index is 689. The van der Waals surface area contributed by atoms with Crippen molar-refractivity contribution in [3.8, 4) is 0 Å². The Balaban J connectivity index is 2.15. The number of anilines is 1. The Morgan fingerprint density at radius 3 is 2.95 bits per heavy atom. The second kappa shape index (κ2) is 4.08. The van der Waals surface area contributed by atoms with Crippen LogP contribution in [-0.4, -0.2) is 21.6 Å². The number of amides is 2. The molecule has 3 N–H and O–H groups in total. The molecule has 1 saturated heterocycles. The summed E-state index contributed by atoms with van der Waals surface area (Å²) >= 11 is 0. The monoisotopic (exact) mass is 258 g/mol. The molecule has 1 aromatic carbocycles. The lowest BCUT2D eigenvalue weighted by molar-refractivity contribution is -0.134. The third-order valence-electron chi connectivity index (χ3n) is 3.51. The second-order valence-electron chi connectivity index (χ2n) is 4.76. The number of nitrogens with zero attached hydrogens (tertiary/aromatic N) is 2. The van der Waals surface area contributed by atoms with E-state index in [0.29, 0.717) is 24.0 Å². The van der Waals surface area contributed by atoms with Gasteiger partial charge in [-0.05, 0) is 12.5 Å². The Hall–Kier alpha value is -2.37. The number of nitrogen functional groups attached to an aromatic ring is 1. The Morgan fingerprint density at radius 1 is 1.42 bits per heavy atom. The molecule has 1 aromatic heterocycles. The third kappa shape index (κ3) is 1.76. The summed E-state index contributed by atoms with van der Waals surface area (Å²) in [6.45, 7) is 0. The van der Waals surface area contributed by atoms with Crippen molar-refractivity contribution in [1.82, 2.24) is 15.1 Å². The summed E-state index contributed by atoms with van der Waals surface area (Å²) in [5.74, 6) is -0.828. The molecule has 2 amide bonds. The van der Waals surface area contributed by atoms with Crippen molar-refractivity contribution in [1.29, 1.82) is 0 Å². The van der Waals surface area contributed by atoms with Gasteiger partial charge in [0.1, 0.15) is 5.52 Å². The van der Waals surface area contributed by atoms with Crippen LogP contribution in [0.1, 0.15) is 24.5 Å². The number of rotatable bonds is 1. The number of fused-ring (bicyclic) bond motifs is 1. The lowest BCUT2D eigenvalue weighted by Crippen LogP contribution is -2.40. The molecule has 0 spiro atoms. The summed E-state index contributed by atoms with van der Waals surface area (Å²) in [6, 6.07) is 5.52. The molecule has 0 bridgehead atoms. The number of imide groups is 1. The molecule has 3 rings (SSSR count). The summed E-state index contributed by atoms with van der Waals surface area (Å²) in [4.78, 5) is 23.2. The molecule has 1 atom stereocenters. The van der Waals surface area contributed by atoms with Crippen LogP contribution in [0.15, 0.2) is 18.2 Å². The minimum Gasteiger partial charge on any atom is -0.397 e. The van der Waals surface area contributed by atoms with Gasteiger partial charge in [0.2, 0.25) is 11.8 Å². The first-order valence-electron chi connectivity index (χ1n) is 6.12. The molecule has 0 radical (unpaired) electrons. The number of carbonyl (C=O) groups excluding carboxylic acids is 2. The fourth-order valence-corrected chi connectivity index (χ4v) is 2.63. The fraction of sp³-hybridized carbons (Fsp3) is 0.308. The number of nitrogens with one attached hydrogen (secondary N) is 1. The van der Waals surface area contributed by atoms with Crippen LogP contribution in [0, 0.1) is 0 Å². The number of carbonyl (C=O) groups is 2. The SMILES string of the molecule is Cn1nc2c(N)cccc2c1C1CCC(=O)NC1=O. The second-order valence-corrected chi connectivity index (χ2v) is 4.76. The zero-order valence-electron chi connectivity index (χ0n) is 10.5. The molecule has 0 aliphatic carbocycles. The molecular formula is C13H14N4O2. The number of hydrogen-bond donors (Lipinski definition) is 2. The Morgan fingerprint density at radius 2 is 2.21 bits per heavy atom. The van der Waals surface area contributed by atoms with E-state index in [4.69, 9.17) is 5.73 Å². The standard InChI is InChI=1S/C13H14N4O2/c1-17-12(8-5-6-10(18)15-13(8)19)7-3-2-4-9(14)11(7)16-17/h2-4,8H,5-6,14H2,1H3,(H,15,18,19). The van der Waals surface area contributed by atoms with Crippen molar-refractivity contribution < 1.29 is 9.59 Å². The van der Waals surface area contributed by atoms with Crippen LogP contribution < -0.4 is 11.1 Å².